The first-order chi connectivity index (χ1) is 16.9. The Morgan fingerprint density at radius 1 is 0.294 bits per heavy atom. The Morgan fingerprint density at radius 2 is 0.647 bits per heavy atom. The summed E-state index contributed by atoms with van der Waals surface area (Å²) >= 11 is 0. The lowest BCUT2D eigenvalue weighted by Gasteiger charge is -2.06. The summed E-state index contributed by atoms with van der Waals surface area (Å²) in [6.07, 6.45) is 8.76. The molecule has 5 aromatic carbocycles. The van der Waals surface area contributed by atoms with Crippen LogP contribution in [0.3, 0.4) is 0 Å². The highest BCUT2D eigenvalue weighted by Gasteiger charge is 2.02. The second-order valence-electron chi connectivity index (χ2n) is 8.24. The molecule has 0 aliphatic rings. The molecule has 0 fully saturated rings. The molecule has 0 nitrogen and oxygen atoms in total. The van der Waals surface area contributed by atoms with Crippen molar-refractivity contribution in [2.75, 3.05) is 0 Å². The molecule has 0 aliphatic heterocycles. The first-order valence-electron chi connectivity index (χ1n) is 11.6. The Bertz CT molecular complexity index is 1290. The van der Waals surface area contributed by atoms with E-state index in [2.05, 4.69) is 158 Å². The lowest BCUT2D eigenvalue weighted by Crippen LogP contribution is -1.83. The summed E-state index contributed by atoms with van der Waals surface area (Å²) in [6, 6.07) is 46.8. The number of hydrogen-bond acceptors (Lipinski definition) is 0. The van der Waals surface area contributed by atoms with E-state index >= 15 is 0 Å². The number of rotatable bonds is 6. The van der Waals surface area contributed by atoms with Gasteiger partial charge in [0.15, 0.2) is 0 Å². The lowest BCUT2D eigenvalue weighted by atomic mass is 9.98. The molecule has 0 unspecified atom stereocenters. The van der Waals surface area contributed by atoms with E-state index < -0.39 is 0 Å². The minimum absolute atomic E-state index is 1.18. The third-order valence-electron chi connectivity index (χ3n) is 5.94. The highest BCUT2D eigenvalue weighted by molar-refractivity contribution is 5.82. The maximum Gasteiger partial charge on any atom is -0.0111 e. The number of benzene rings is 5. The van der Waals surface area contributed by atoms with Crippen LogP contribution in [0.15, 0.2) is 133 Å². The molecule has 0 N–H and O–H groups in total. The van der Waals surface area contributed by atoms with Crippen molar-refractivity contribution in [3.8, 4) is 22.3 Å². The van der Waals surface area contributed by atoms with Crippen LogP contribution in [0.1, 0.15) is 22.3 Å². The van der Waals surface area contributed by atoms with Crippen molar-refractivity contribution in [2.24, 2.45) is 0 Å². The minimum atomic E-state index is 1.18. The van der Waals surface area contributed by atoms with Gasteiger partial charge in [0.2, 0.25) is 0 Å². The van der Waals surface area contributed by atoms with Gasteiger partial charge in [0.05, 0.1) is 0 Å². The van der Waals surface area contributed by atoms with Crippen LogP contribution in [-0.2, 0) is 0 Å². The van der Waals surface area contributed by atoms with Gasteiger partial charge in [-0.25, -0.2) is 0 Å². The predicted molar refractivity (Wildman–Crippen MR) is 148 cm³/mol. The smallest absolute Gasteiger partial charge is 0.0111 e. The van der Waals surface area contributed by atoms with Gasteiger partial charge in [0.25, 0.3) is 0 Å². The fourth-order valence-corrected chi connectivity index (χ4v) is 4.14. The molecule has 0 aromatic heterocycles. The van der Waals surface area contributed by atoms with Gasteiger partial charge in [0, 0.05) is 0 Å². The Labute approximate surface area is 202 Å². The van der Waals surface area contributed by atoms with Gasteiger partial charge in [-0.05, 0) is 44.5 Å². The van der Waals surface area contributed by atoms with Crippen LogP contribution in [0.25, 0.3) is 46.6 Å². The van der Waals surface area contributed by atoms with E-state index in [-0.39, 0.29) is 0 Å². The van der Waals surface area contributed by atoms with Gasteiger partial charge >= 0.3 is 0 Å². The minimum Gasteiger partial charge on any atom is -0.0622 e. The maximum absolute atomic E-state index is 2.20. The third kappa shape index (κ3) is 5.14. The van der Waals surface area contributed by atoms with Crippen LogP contribution in [0.2, 0.25) is 0 Å². The van der Waals surface area contributed by atoms with E-state index in [9.17, 15) is 0 Å². The Morgan fingerprint density at radius 3 is 1.06 bits per heavy atom. The highest BCUT2D eigenvalue weighted by Crippen LogP contribution is 2.26. The van der Waals surface area contributed by atoms with Crippen LogP contribution < -0.4 is 0 Å². The standard InChI is InChI=1S/C34H26/c1-3-11-29(12-4-1)33-17-9-7-15-31(33)25-23-27-19-21-28(22-20-27)24-26-32-16-8-10-18-34(32)30-13-5-2-6-14-30/h1-26H. The topological polar surface area (TPSA) is 0 Å². The van der Waals surface area contributed by atoms with Crippen LogP contribution in [-0.4, -0.2) is 0 Å². The molecule has 0 spiro atoms. The molecule has 0 saturated heterocycles. The Kier molecular flexibility index (Phi) is 6.59. The SMILES string of the molecule is C(=Cc1ccccc1-c1ccccc1)c1ccc(C=Cc2ccccc2-c2ccccc2)cc1. The van der Waals surface area contributed by atoms with Crippen molar-refractivity contribution in [1.29, 1.82) is 0 Å². The van der Waals surface area contributed by atoms with Crippen molar-refractivity contribution >= 4 is 24.3 Å². The first kappa shape index (κ1) is 21.4. The zero-order valence-corrected chi connectivity index (χ0v) is 19.0. The maximum atomic E-state index is 2.20. The molecule has 5 rings (SSSR count). The second kappa shape index (κ2) is 10.5. The molecule has 0 heterocycles. The van der Waals surface area contributed by atoms with E-state index in [4.69, 9.17) is 0 Å². The molecule has 5 aromatic rings. The number of hydrogen-bond donors (Lipinski definition) is 0. The molecule has 0 heteroatoms. The van der Waals surface area contributed by atoms with Crippen LogP contribution >= 0.6 is 0 Å². The third-order valence-corrected chi connectivity index (χ3v) is 5.94. The van der Waals surface area contributed by atoms with Gasteiger partial charge in [-0.2, -0.15) is 0 Å². The summed E-state index contributed by atoms with van der Waals surface area (Å²) in [5, 5.41) is 0. The van der Waals surface area contributed by atoms with Gasteiger partial charge in [-0.3, -0.25) is 0 Å². The van der Waals surface area contributed by atoms with Crippen molar-refractivity contribution in [3.63, 3.8) is 0 Å². The molecular formula is C34H26. The van der Waals surface area contributed by atoms with E-state index in [0.717, 1.165) is 0 Å². The van der Waals surface area contributed by atoms with E-state index in [1.165, 1.54) is 44.5 Å². The first-order valence-corrected chi connectivity index (χ1v) is 11.6. The largest absolute Gasteiger partial charge is 0.0622 e. The summed E-state index contributed by atoms with van der Waals surface area (Å²) in [5.41, 5.74) is 9.77. The zero-order chi connectivity index (χ0) is 23.0. The van der Waals surface area contributed by atoms with Gasteiger partial charge in [-0.1, -0.05) is 158 Å². The average molecular weight is 435 g/mol. The fraction of sp³-hybridized carbons (Fsp3) is 0. The van der Waals surface area contributed by atoms with Gasteiger partial charge in [0.1, 0.15) is 0 Å². The summed E-state index contributed by atoms with van der Waals surface area (Å²) in [5.74, 6) is 0. The lowest BCUT2D eigenvalue weighted by molar-refractivity contribution is 1.58. The summed E-state index contributed by atoms with van der Waals surface area (Å²) < 4.78 is 0. The molecule has 0 radical (unpaired) electrons. The Balaban J connectivity index is 1.34. The van der Waals surface area contributed by atoms with Crippen molar-refractivity contribution < 1.29 is 0 Å². The van der Waals surface area contributed by atoms with Crippen molar-refractivity contribution in [3.05, 3.63) is 156 Å². The molecule has 0 aliphatic carbocycles. The zero-order valence-electron chi connectivity index (χ0n) is 19.0. The molecule has 0 bridgehead atoms. The molecule has 0 saturated carbocycles. The summed E-state index contributed by atoms with van der Waals surface area (Å²) in [7, 11) is 0. The highest BCUT2D eigenvalue weighted by atomic mass is 14.1. The fourth-order valence-electron chi connectivity index (χ4n) is 4.14. The van der Waals surface area contributed by atoms with Crippen molar-refractivity contribution in [2.45, 2.75) is 0 Å². The predicted octanol–water partition coefficient (Wildman–Crippen LogP) is 9.36. The van der Waals surface area contributed by atoms with Crippen LogP contribution in [0.5, 0.6) is 0 Å². The second-order valence-corrected chi connectivity index (χ2v) is 8.24. The summed E-state index contributed by atoms with van der Waals surface area (Å²) in [6.45, 7) is 0. The summed E-state index contributed by atoms with van der Waals surface area (Å²) in [4.78, 5) is 0. The van der Waals surface area contributed by atoms with E-state index in [1.807, 2.05) is 0 Å². The van der Waals surface area contributed by atoms with Gasteiger partial charge in [-0.15, -0.1) is 0 Å². The van der Waals surface area contributed by atoms with Crippen molar-refractivity contribution in [1.82, 2.24) is 0 Å². The van der Waals surface area contributed by atoms with Crippen LogP contribution in [0, 0.1) is 0 Å². The quantitative estimate of drug-likeness (QED) is 0.234. The van der Waals surface area contributed by atoms with E-state index in [1.54, 1.807) is 0 Å². The average Bonchev–Trinajstić information content (AvgIpc) is 2.93. The molecule has 162 valence electrons. The van der Waals surface area contributed by atoms with Crippen LogP contribution in [0.4, 0.5) is 0 Å². The van der Waals surface area contributed by atoms with E-state index in [0.29, 0.717) is 0 Å². The monoisotopic (exact) mass is 434 g/mol. The molecular weight excluding hydrogens is 408 g/mol. The normalized spacial score (nSPS) is 11.3. The molecule has 34 heavy (non-hydrogen) atoms. The molecule has 0 atom stereocenters. The Hall–Kier alpha value is -4.42. The molecule has 0 amide bonds. The van der Waals surface area contributed by atoms with Gasteiger partial charge < -0.3 is 0 Å².